The molecule has 2 aliphatic rings. The van der Waals surface area contributed by atoms with E-state index in [1.54, 1.807) is 11.9 Å². The molecule has 0 saturated carbocycles. The number of hydrogen-bond acceptors (Lipinski definition) is 5. The molecule has 1 saturated heterocycles. The van der Waals surface area contributed by atoms with Crippen molar-refractivity contribution in [2.45, 2.75) is 31.3 Å². The van der Waals surface area contributed by atoms with Crippen LogP contribution in [0.1, 0.15) is 35.5 Å². The number of amides is 4. The summed E-state index contributed by atoms with van der Waals surface area (Å²) in [5.74, 6) is -0.657. The van der Waals surface area contributed by atoms with Crippen LogP contribution in [0, 0.1) is 0 Å². The second kappa shape index (κ2) is 7.16. The number of thiazole rings is 1. The van der Waals surface area contributed by atoms with Crippen LogP contribution >= 0.6 is 11.3 Å². The van der Waals surface area contributed by atoms with Gasteiger partial charge in [0.1, 0.15) is 17.1 Å². The van der Waals surface area contributed by atoms with Gasteiger partial charge in [0.2, 0.25) is 5.91 Å². The fraction of sp³-hybridized carbons (Fsp3) is 0.304. The number of fused-ring (bicyclic) bond motifs is 3. The van der Waals surface area contributed by atoms with Gasteiger partial charge in [0, 0.05) is 7.05 Å². The molecule has 7 nitrogen and oxygen atoms in total. The van der Waals surface area contributed by atoms with Crippen LogP contribution in [-0.2, 0) is 21.5 Å². The monoisotopic (exact) mass is 434 g/mol. The highest BCUT2D eigenvalue weighted by atomic mass is 32.1. The summed E-state index contributed by atoms with van der Waals surface area (Å²) in [6.07, 6.45) is 1.23. The van der Waals surface area contributed by atoms with Crippen molar-refractivity contribution in [1.29, 1.82) is 0 Å². The lowest BCUT2D eigenvalue weighted by Gasteiger charge is -2.26. The van der Waals surface area contributed by atoms with E-state index < -0.39 is 11.6 Å². The highest BCUT2D eigenvalue weighted by molar-refractivity contribution is 7.18. The smallest absolute Gasteiger partial charge is 0.325 e. The molecule has 2 aromatic carbocycles. The van der Waals surface area contributed by atoms with E-state index in [0.29, 0.717) is 6.42 Å². The number of imide groups is 1. The molecule has 2 heterocycles. The zero-order valence-corrected chi connectivity index (χ0v) is 18.1. The van der Waals surface area contributed by atoms with Crippen molar-refractivity contribution >= 4 is 39.4 Å². The number of aryl methyl sites for hydroxylation is 1. The molecule has 158 valence electrons. The minimum atomic E-state index is -1.05. The number of para-hydroxylation sites is 1. The van der Waals surface area contributed by atoms with Gasteiger partial charge in [0.15, 0.2) is 0 Å². The highest BCUT2D eigenvalue weighted by Gasteiger charge is 2.55. The first-order valence-corrected chi connectivity index (χ1v) is 11.1. The molecule has 1 spiro atoms. The SMILES string of the molecule is C[C@@H](c1nc2ccccc2s1)N(C)C(=O)CN1C(=O)N[C@]2(CCc3ccccc32)C1=O. The van der Waals surface area contributed by atoms with E-state index >= 15 is 0 Å². The topological polar surface area (TPSA) is 82.6 Å². The Bertz CT molecular complexity index is 1190. The maximum absolute atomic E-state index is 13.3. The highest BCUT2D eigenvalue weighted by Crippen LogP contribution is 2.41. The standard InChI is InChI=1S/C23H22N4O3S/c1-14(20-24-17-9-5-6-10-18(17)31-20)26(2)19(28)13-27-21(29)23(25-22(27)30)12-11-15-7-3-4-8-16(15)23/h3-10,14H,11-13H2,1-2H3,(H,25,30)/t14-,23-/m0/s1. The number of urea groups is 1. The Labute approximate surface area is 183 Å². The molecule has 3 aromatic rings. The van der Waals surface area contributed by atoms with Crippen molar-refractivity contribution in [2.75, 3.05) is 13.6 Å². The van der Waals surface area contributed by atoms with Crippen molar-refractivity contribution in [3.63, 3.8) is 0 Å². The molecule has 2 atom stereocenters. The molecule has 0 radical (unpaired) electrons. The van der Waals surface area contributed by atoms with Crippen molar-refractivity contribution in [2.24, 2.45) is 0 Å². The van der Waals surface area contributed by atoms with Crippen LogP contribution < -0.4 is 5.32 Å². The van der Waals surface area contributed by atoms with Gasteiger partial charge in [-0.05, 0) is 43.0 Å². The van der Waals surface area contributed by atoms with Crippen LogP contribution in [0.4, 0.5) is 4.79 Å². The van der Waals surface area contributed by atoms with Crippen LogP contribution in [0.3, 0.4) is 0 Å². The predicted octanol–water partition coefficient (Wildman–Crippen LogP) is 3.21. The van der Waals surface area contributed by atoms with E-state index in [2.05, 4.69) is 10.3 Å². The second-order valence-electron chi connectivity index (χ2n) is 8.08. The van der Waals surface area contributed by atoms with Crippen LogP contribution in [0.5, 0.6) is 0 Å². The number of carbonyl (C=O) groups excluding carboxylic acids is 3. The largest absolute Gasteiger partial charge is 0.335 e. The average Bonchev–Trinajstić information content (AvgIpc) is 3.44. The number of nitrogens with zero attached hydrogens (tertiary/aromatic N) is 3. The average molecular weight is 435 g/mol. The third-order valence-electron chi connectivity index (χ3n) is 6.36. The second-order valence-corrected chi connectivity index (χ2v) is 9.15. The van der Waals surface area contributed by atoms with E-state index in [9.17, 15) is 14.4 Å². The first-order valence-electron chi connectivity index (χ1n) is 10.2. The number of benzene rings is 2. The van der Waals surface area contributed by atoms with Gasteiger partial charge >= 0.3 is 6.03 Å². The van der Waals surface area contributed by atoms with Crippen molar-refractivity contribution in [3.05, 3.63) is 64.7 Å². The quantitative estimate of drug-likeness (QED) is 0.640. The summed E-state index contributed by atoms with van der Waals surface area (Å²) in [5.41, 5.74) is 1.74. The summed E-state index contributed by atoms with van der Waals surface area (Å²) < 4.78 is 1.06. The summed E-state index contributed by atoms with van der Waals surface area (Å²) in [6.45, 7) is 1.61. The van der Waals surface area contributed by atoms with Gasteiger partial charge < -0.3 is 10.2 Å². The van der Waals surface area contributed by atoms with Crippen molar-refractivity contribution in [3.8, 4) is 0 Å². The summed E-state index contributed by atoms with van der Waals surface area (Å²) in [4.78, 5) is 46.2. The Morgan fingerprint density at radius 3 is 2.77 bits per heavy atom. The maximum atomic E-state index is 13.3. The maximum Gasteiger partial charge on any atom is 0.325 e. The Morgan fingerprint density at radius 2 is 1.97 bits per heavy atom. The van der Waals surface area contributed by atoms with Crippen molar-refractivity contribution in [1.82, 2.24) is 20.1 Å². The fourth-order valence-electron chi connectivity index (χ4n) is 4.43. The molecule has 5 rings (SSSR count). The molecule has 31 heavy (non-hydrogen) atoms. The number of hydrogen-bond donors (Lipinski definition) is 1. The van der Waals surface area contributed by atoms with Crippen LogP contribution in [-0.4, -0.2) is 46.2 Å². The lowest BCUT2D eigenvalue weighted by molar-refractivity contribution is -0.139. The number of nitrogens with one attached hydrogen (secondary N) is 1. The minimum absolute atomic E-state index is 0.271. The lowest BCUT2D eigenvalue weighted by atomic mass is 9.92. The Morgan fingerprint density at radius 1 is 1.23 bits per heavy atom. The predicted molar refractivity (Wildman–Crippen MR) is 117 cm³/mol. The van der Waals surface area contributed by atoms with Gasteiger partial charge in [-0.1, -0.05) is 36.4 Å². The van der Waals surface area contributed by atoms with Crippen LogP contribution in [0.15, 0.2) is 48.5 Å². The van der Waals surface area contributed by atoms with E-state index in [1.165, 1.54) is 11.3 Å². The van der Waals surface area contributed by atoms with Gasteiger partial charge in [-0.2, -0.15) is 0 Å². The zero-order valence-electron chi connectivity index (χ0n) is 17.3. The first-order chi connectivity index (χ1) is 14.9. The molecular formula is C23H22N4O3S. The number of aromatic nitrogens is 1. The normalized spacial score (nSPS) is 20.9. The molecule has 0 unspecified atom stereocenters. The van der Waals surface area contributed by atoms with Gasteiger partial charge in [-0.25, -0.2) is 9.78 Å². The fourth-order valence-corrected chi connectivity index (χ4v) is 5.49. The first kappa shape index (κ1) is 19.7. The van der Waals surface area contributed by atoms with Gasteiger partial charge in [0.05, 0.1) is 16.3 Å². The van der Waals surface area contributed by atoms with E-state index in [-0.39, 0.29) is 24.4 Å². The Kier molecular flexibility index (Phi) is 4.55. The zero-order chi connectivity index (χ0) is 21.8. The van der Waals surface area contributed by atoms with E-state index in [0.717, 1.165) is 37.7 Å². The number of rotatable bonds is 4. The van der Waals surface area contributed by atoms with E-state index in [1.807, 2.05) is 55.5 Å². The third-order valence-corrected chi connectivity index (χ3v) is 7.56. The summed E-state index contributed by atoms with van der Waals surface area (Å²) in [6, 6.07) is 14.7. The lowest BCUT2D eigenvalue weighted by Crippen LogP contribution is -2.44. The Balaban J connectivity index is 1.34. The molecule has 1 N–H and O–H groups in total. The minimum Gasteiger partial charge on any atom is -0.335 e. The Hall–Kier alpha value is -3.26. The molecular weight excluding hydrogens is 412 g/mol. The molecule has 1 fully saturated rings. The van der Waals surface area contributed by atoms with Gasteiger partial charge in [-0.3, -0.25) is 14.5 Å². The summed E-state index contributed by atoms with van der Waals surface area (Å²) in [7, 11) is 1.68. The summed E-state index contributed by atoms with van der Waals surface area (Å²) >= 11 is 1.54. The van der Waals surface area contributed by atoms with Crippen molar-refractivity contribution < 1.29 is 14.4 Å². The third kappa shape index (κ3) is 3.01. The molecule has 1 aromatic heterocycles. The summed E-state index contributed by atoms with van der Waals surface area (Å²) in [5, 5.41) is 3.68. The molecule has 0 bridgehead atoms. The molecule has 8 heteroatoms. The number of likely N-dealkylation sites (N-methyl/N-ethyl adjacent to an activating group) is 1. The van der Waals surface area contributed by atoms with Crippen LogP contribution in [0.25, 0.3) is 10.2 Å². The van der Waals surface area contributed by atoms with Gasteiger partial charge in [-0.15, -0.1) is 11.3 Å². The number of carbonyl (C=O) groups is 3. The molecule has 1 aliphatic heterocycles. The van der Waals surface area contributed by atoms with E-state index in [4.69, 9.17) is 0 Å². The molecule has 1 aliphatic carbocycles. The van der Waals surface area contributed by atoms with Crippen LogP contribution in [0.2, 0.25) is 0 Å². The molecule has 4 amide bonds. The van der Waals surface area contributed by atoms with Gasteiger partial charge in [0.25, 0.3) is 5.91 Å².